The van der Waals surface area contributed by atoms with Gasteiger partial charge in [-0.2, -0.15) is 4.31 Å². The zero-order valence-corrected chi connectivity index (χ0v) is 18.5. The van der Waals surface area contributed by atoms with Gasteiger partial charge in [-0.25, -0.2) is 13.4 Å². The van der Waals surface area contributed by atoms with Crippen molar-refractivity contribution in [1.82, 2.24) is 14.2 Å². The SMILES string of the molecule is Cc1ccc(S(=O)(=O)N2CCN(Cc3nc(-c4ccc(Cl)cc4)cs3)CC2)cc1. The minimum absolute atomic E-state index is 0.365. The summed E-state index contributed by atoms with van der Waals surface area (Å²) in [6.07, 6.45) is 0. The number of aromatic nitrogens is 1. The molecular weight excluding hydrogens is 426 g/mol. The highest BCUT2D eigenvalue weighted by Gasteiger charge is 2.28. The summed E-state index contributed by atoms with van der Waals surface area (Å²) in [4.78, 5) is 7.35. The van der Waals surface area contributed by atoms with E-state index in [9.17, 15) is 8.42 Å². The van der Waals surface area contributed by atoms with E-state index >= 15 is 0 Å². The van der Waals surface area contributed by atoms with Crippen molar-refractivity contribution in [3.63, 3.8) is 0 Å². The Morgan fingerprint density at radius 1 is 1.00 bits per heavy atom. The molecule has 1 aliphatic heterocycles. The molecule has 0 atom stereocenters. The van der Waals surface area contributed by atoms with Crippen molar-refractivity contribution in [2.24, 2.45) is 0 Å². The van der Waals surface area contributed by atoms with Gasteiger partial charge in [0.25, 0.3) is 0 Å². The number of rotatable bonds is 5. The number of hydrogen-bond acceptors (Lipinski definition) is 5. The molecule has 4 rings (SSSR count). The molecule has 1 fully saturated rings. The molecule has 0 bridgehead atoms. The van der Waals surface area contributed by atoms with Crippen molar-refractivity contribution in [2.75, 3.05) is 26.2 Å². The highest BCUT2D eigenvalue weighted by atomic mass is 35.5. The lowest BCUT2D eigenvalue weighted by Gasteiger charge is -2.33. The average molecular weight is 448 g/mol. The van der Waals surface area contributed by atoms with E-state index in [1.165, 1.54) is 0 Å². The Morgan fingerprint density at radius 2 is 1.66 bits per heavy atom. The normalized spacial score (nSPS) is 16.2. The molecule has 0 spiro atoms. The van der Waals surface area contributed by atoms with E-state index in [0.29, 0.717) is 36.1 Å². The summed E-state index contributed by atoms with van der Waals surface area (Å²) in [7, 11) is -3.43. The lowest BCUT2D eigenvalue weighted by atomic mass is 10.2. The fraction of sp³-hybridized carbons (Fsp3) is 0.286. The summed E-state index contributed by atoms with van der Waals surface area (Å²) >= 11 is 7.58. The molecule has 29 heavy (non-hydrogen) atoms. The van der Waals surface area contributed by atoms with Crippen LogP contribution in [0.4, 0.5) is 0 Å². The van der Waals surface area contributed by atoms with Crippen LogP contribution in [-0.2, 0) is 16.6 Å². The van der Waals surface area contributed by atoms with Crippen LogP contribution in [0.5, 0.6) is 0 Å². The zero-order valence-electron chi connectivity index (χ0n) is 16.1. The molecule has 8 heteroatoms. The second-order valence-electron chi connectivity index (χ2n) is 7.13. The number of benzene rings is 2. The van der Waals surface area contributed by atoms with Crippen LogP contribution in [0.1, 0.15) is 10.6 Å². The Bertz CT molecular complexity index is 1070. The summed E-state index contributed by atoms with van der Waals surface area (Å²) < 4.78 is 27.2. The summed E-state index contributed by atoms with van der Waals surface area (Å²) in [5.74, 6) is 0. The number of thiazole rings is 1. The monoisotopic (exact) mass is 447 g/mol. The van der Waals surface area contributed by atoms with E-state index in [1.807, 2.05) is 43.3 Å². The topological polar surface area (TPSA) is 53.5 Å². The predicted molar refractivity (Wildman–Crippen MR) is 118 cm³/mol. The molecule has 3 aromatic rings. The van der Waals surface area contributed by atoms with Crippen LogP contribution in [0, 0.1) is 6.92 Å². The summed E-state index contributed by atoms with van der Waals surface area (Å²) in [6.45, 7) is 5.06. The largest absolute Gasteiger partial charge is 0.294 e. The second kappa shape index (κ2) is 8.53. The highest BCUT2D eigenvalue weighted by Crippen LogP contribution is 2.25. The summed E-state index contributed by atoms with van der Waals surface area (Å²) in [5.41, 5.74) is 3.04. The first kappa shape index (κ1) is 20.5. The van der Waals surface area contributed by atoms with Gasteiger partial charge in [0.15, 0.2) is 0 Å². The van der Waals surface area contributed by atoms with E-state index < -0.39 is 10.0 Å². The van der Waals surface area contributed by atoms with Gasteiger partial charge in [-0.3, -0.25) is 4.90 Å². The van der Waals surface area contributed by atoms with Gasteiger partial charge in [0.1, 0.15) is 5.01 Å². The van der Waals surface area contributed by atoms with Gasteiger partial charge in [0, 0.05) is 42.1 Å². The predicted octanol–water partition coefficient (Wildman–Crippen LogP) is 4.28. The van der Waals surface area contributed by atoms with Crippen LogP contribution >= 0.6 is 22.9 Å². The van der Waals surface area contributed by atoms with E-state index in [1.54, 1.807) is 27.8 Å². The Balaban J connectivity index is 1.37. The van der Waals surface area contributed by atoms with Crippen LogP contribution in [0.3, 0.4) is 0 Å². The fourth-order valence-electron chi connectivity index (χ4n) is 3.32. The standard InChI is InChI=1S/C21H22ClN3O2S2/c1-16-2-8-19(9-3-16)29(26,27)25-12-10-24(11-13-25)14-21-23-20(15-28-21)17-4-6-18(22)7-5-17/h2-9,15H,10-14H2,1H3. The van der Waals surface area contributed by atoms with Gasteiger partial charge in [0.05, 0.1) is 17.1 Å². The molecule has 152 valence electrons. The Hall–Kier alpha value is -1.77. The molecule has 0 radical (unpaired) electrons. The van der Waals surface area contributed by atoms with Crippen LogP contribution in [0.15, 0.2) is 58.8 Å². The van der Waals surface area contributed by atoms with Crippen molar-refractivity contribution in [1.29, 1.82) is 0 Å². The Kier molecular flexibility index (Phi) is 6.03. The molecule has 0 N–H and O–H groups in total. The van der Waals surface area contributed by atoms with E-state index in [-0.39, 0.29) is 0 Å². The molecule has 2 aromatic carbocycles. The van der Waals surface area contributed by atoms with Crippen molar-refractivity contribution >= 4 is 33.0 Å². The van der Waals surface area contributed by atoms with Crippen molar-refractivity contribution in [2.45, 2.75) is 18.4 Å². The van der Waals surface area contributed by atoms with Crippen molar-refractivity contribution in [3.05, 3.63) is 69.5 Å². The molecule has 0 saturated carbocycles. The van der Waals surface area contributed by atoms with Crippen LogP contribution < -0.4 is 0 Å². The quantitative estimate of drug-likeness (QED) is 0.585. The van der Waals surface area contributed by atoms with Gasteiger partial charge < -0.3 is 0 Å². The van der Waals surface area contributed by atoms with Gasteiger partial charge in [-0.05, 0) is 31.2 Å². The maximum absolute atomic E-state index is 12.8. The van der Waals surface area contributed by atoms with Gasteiger partial charge in [0.2, 0.25) is 10.0 Å². The highest BCUT2D eigenvalue weighted by molar-refractivity contribution is 7.89. The first-order chi connectivity index (χ1) is 13.9. The minimum atomic E-state index is -3.43. The summed E-state index contributed by atoms with van der Waals surface area (Å²) in [6, 6.07) is 14.7. The first-order valence-corrected chi connectivity index (χ1v) is 12.1. The van der Waals surface area contributed by atoms with Gasteiger partial charge in [-0.1, -0.05) is 41.4 Å². The zero-order chi connectivity index (χ0) is 20.4. The molecule has 0 aliphatic carbocycles. The molecule has 1 saturated heterocycles. The van der Waals surface area contributed by atoms with Crippen molar-refractivity contribution in [3.8, 4) is 11.3 Å². The molecular formula is C21H22ClN3O2S2. The van der Waals surface area contributed by atoms with E-state index in [4.69, 9.17) is 16.6 Å². The Morgan fingerprint density at radius 3 is 2.31 bits per heavy atom. The molecule has 0 amide bonds. The smallest absolute Gasteiger partial charge is 0.243 e. The maximum atomic E-state index is 12.8. The lowest BCUT2D eigenvalue weighted by molar-refractivity contribution is 0.181. The number of aryl methyl sites for hydroxylation is 1. The lowest BCUT2D eigenvalue weighted by Crippen LogP contribution is -2.48. The third-order valence-electron chi connectivity index (χ3n) is 5.04. The van der Waals surface area contributed by atoms with E-state index in [2.05, 4.69) is 10.3 Å². The molecule has 0 unspecified atom stereocenters. The average Bonchev–Trinajstić information content (AvgIpc) is 3.18. The number of piperazine rings is 1. The summed E-state index contributed by atoms with van der Waals surface area (Å²) in [5, 5.41) is 3.80. The molecule has 1 aliphatic rings. The van der Waals surface area contributed by atoms with Crippen LogP contribution in [0.25, 0.3) is 11.3 Å². The van der Waals surface area contributed by atoms with E-state index in [0.717, 1.165) is 28.4 Å². The molecule has 2 heterocycles. The maximum Gasteiger partial charge on any atom is 0.243 e. The van der Waals surface area contributed by atoms with Crippen molar-refractivity contribution < 1.29 is 8.42 Å². The number of halogens is 1. The third kappa shape index (κ3) is 4.70. The van der Waals surface area contributed by atoms with Crippen LogP contribution in [-0.4, -0.2) is 48.8 Å². The number of hydrogen-bond donors (Lipinski definition) is 0. The van der Waals surface area contributed by atoms with Gasteiger partial charge >= 0.3 is 0 Å². The molecule has 1 aromatic heterocycles. The first-order valence-electron chi connectivity index (χ1n) is 9.41. The number of sulfonamides is 1. The third-order valence-corrected chi connectivity index (χ3v) is 8.04. The fourth-order valence-corrected chi connectivity index (χ4v) is 5.71. The second-order valence-corrected chi connectivity index (χ2v) is 10.4. The minimum Gasteiger partial charge on any atom is -0.294 e. The molecule has 5 nitrogen and oxygen atoms in total. The van der Waals surface area contributed by atoms with Crippen LogP contribution in [0.2, 0.25) is 5.02 Å². The Labute approximate surface area is 180 Å². The number of nitrogens with zero attached hydrogens (tertiary/aromatic N) is 3. The van der Waals surface area contributed by atoms with Gasteiger partial charge in [-0.15, -0.1) is 11.3 Å².